The Morgan fingerprint density at radius 1 is 1.07 bits per heavy atom. The topological polar surface area (TPSA) is 67.8 Å². The number of hydrogen-bond donors (Lipinski definition) is 2. The number of phenolic OH excluding ortho intramolecular Hbond substituents is 1. The first-order valence-electron chi connectivity index (χ1n) is 8.21. The quantitative estimate of drug-likeness (QED) is 0.501. The minimum absolute atomic E-state index is 0.0876. The molecule has 27 heavy (non-hydrogen) atoms. The number of halogens is 1. The van der Waals surface area contributed by atoms with Crippen LogP contribution in [0.15, 0.2) is 66.7 Å². The van der Waals surface area contributed by atoms with Crippen LogP contribution >= 0.6 is 22.6 Å². The van der Waals surface area contributed by atoms with Crippen LogP contribution in [0.5, 0.6) is 17.2 Å². The molecular weight excluding hydrogens is 457 g/mol. The molecule has 0 aromatic heterocycles. The number of anilines is 1. The Morgan fingerprint density at radius 2 is 1.85 bits per heavy atom. The predicted octanol–water partition coefficient (Wildman–Crippen LogP) is 4.84. The Bertz CT molecular complexity index is 944. The van der Waals surface area contributed by atoms with Crippen LogP contribution in [0.4, 0.5) is 5.69 Å². The number of benzene rings is 3. The van der Waals surface area contributed by atoms with Gasteiger partial charge in [-0.1, -0.05) is 36.4 Å². The fraction of sp³-hybridized carbons (Fsp3) is 0.0952. The van der Waals surface area contributed by atoms with Gasteiger partial charge in [-0.15, -0.1) is 0 Å². The van der Waals surface area contributed by atoms with E-state index in [-0.39, 0.29) is 11.7 Å². The van der Waals surface area contributed by atoms with E-state index in [1.165, 1.54) is 13.2 Å². The highest BCUT2D eigenvalue weighted by atomic mass is 127. The summed E-state index contributed by atoms with van der Waals surface area (Å²) in [6.07, 6.45) is 0. The molecule has 6 heteroatoms. The van der Waals surface area contributed by atoms with E-state index in [9.17, 15) is 9.90 Å². The minimum Gasteiger partial charge on any atom is -0.508 e. The smallest absolute Gasteiger partial charge is 0.255 e. The number of rotatable bonds is 6. The van der Waals surface area contributed by atoms with Crippen LogP contribution < -0.4 is 14.8 Å². The van der Waals surface area contributed by atoms with Crippen LogP contribution in [0.25, 0.3) is 0 Å². The summed E-state index contributed by atoms with van der Waals surface area (Å²) in [7, 11) is 1.54. The van der Waals surface area contributed by atoms with E-state index in [0.717, 1.165) is 9.13 Å². The first kappa shape index (κ1) is 19.0. The fourth-order valence-corrected chi connectivity index (χ4v) is 3.26. The molecule has 3 aromatic carbocycles. The predicted molar refractivity (Wildman–Crippen MR) is 113 cm³/mol. The number of carbonyl (C=O) groups is 1. The van der Waals surface area contributed by atoms with Crippen LogP contribution in [-0.2, 0) is 6.61 Å². The largest absolute Gasteiger partial charge is 0.508 e. The zero-order valence-corrected chi connectivity index (χ0v) is 16.8. The zero-order chi connectivity index (χ0) is 19.2. The molecule has 0 aliphatic heterocycles. The monoisotopic (exact) mass is 475 g/mol. The molecule has 138 valence electrons. The molecule has 0 unspecified atom stereocenters. The second-order valence-electron chi connectivity index (χ2n) is 5.77. The lowest BCUT2D eigenvalue weighted by molar-refractivity contribution is 0.102. The average Bonchev–Trinajstić information content (AvgIpc) is 2.67. The van der Waals surface area contributed by atoms with Gasteiger partial charge in [0.25, 0.3) is 5.91 Å². The van der Waals surface area contributed by atoms with Crippen LogP contribution in [-0.4, -0.2) is 18.1 Å². The van der Waals surface area contributed by atoms with Gasteiger partial charge < -0.3 is 19.9 Å². The summed E-state index contributed by atoms with van der Waals surface area (Å²) in [5.74, 6) is 0.866. The van der Waals surface area contributed by atoms with Gasteiger partial charge in [0.1, 0.15) is 12.4 Å². The maximum atomic E-state index is 12.5. The van der Waals surface area contributed by atoms with Crippen LogP contribution in [0.1, 0.15) is 15.9 Å². The SMILES string of the molecule is COc1cc(C(=O)Nc2cccc(O)c2)cc(I)c1OCc1ccccc1. The van der Waals surface area contributed by atoms with Crippen molar-refractivity contribution >= 4 is 34.2 Å². The summed E-state index contributed by atoms with van der Waals surface area (Å²) in [4.78, 5) is 12.5. The van der Waals surface area contributed by atoms with Gasteiger partial charge in [0, 0.05) is 17.3 Å². The van der Waals surface area contributed by atoms with Crippen molar-refractivity contribution in [3.63, 3.8) is 0 Å². The molecule has 1 amide bonds. The fourth-order valence-electron chi connectivity index (χ4n) is 2.51. The first-order valence-corrected chi connectivity index (χ1v) is 9.29. The molecule has 5 nitrogen and oxygen atoms in total. The molecule has 2 N–H and O–H groups in total. The highest BCUT2D eigenvalue weighted by Gasteiger charge is 2.16. The third-order valence-corrected chi connectivity index (χ3v) is 4.62. The summed E-state index contributed by atoms with van der Waals surface area (Å²) >= 11 is 2.12. The normalized spacial score (nSPS) is 10.3. The lowest BCUT2D eigenvalue weighted by Gasteiger charge is -2.14. The van der Waals surface area contributed by atoms with Crippen LogP contribution in [0.3, 0.4) is 0 Å². The molecule has 0 aliphatic rings. The van der Waals surface area contributed by atoms with E-state index in [0.29, 0.717) is 29.4 Å². The van der Waals surface area contributed by atoms with Crippen molar-refractivity contribution in [2.75, 3.05) is 12.4 Å². The molecule has 3 aromatic rings. The second-order valence-corrected chi connectivity index (χ2v) is 6.93. The Balaban J connectivity index is 1.79. The highest BCUT2D eigenvalue weighted by molar-refractivity contribution is 14.1. The molecule has 0 saturated heterocycles. The van der Waals surface area contributed by atoms with E-state index in [2.05, 4.69) is 27.9 Å². The van der Waals surface area contributed by atoms with E-state index in [1.807, 2.05) is 30.3 Å². The molecule has 0 spiro atoms. The standard InChI is InChI=1S/C21H18INO4/c1-26-19-11-15(21(25)23-16-8-5-9-17(24)12-16)10-18(22)20(19)27-13-14-6-3-2-4-7-14/h2-12,24H,13H2,1H3,(H,23,25). The molecule has 0 heterocycles. The van der Waals surface area contributed by atoms with Crippen molar-refractivity contribution in [3.8, 4) is 17.2 Å². The summed E-state index contributed by atoms with van der Waals surface area (Å²) in [5.41, 5.74) is 1.99. The minimum atomic E-state index is -0.300. The number of phenols is 1. The maximum Gasteiger partial charge on any atom is 0.255 e. The maximum absolute atomic E-state index is 12.5. The van der Waals surface area contributed by atoms with Crippen molar-refractivity contribution in [3.05, 3.63) is 81.4 Å². The van der Waals surface area contributed by atoms with Crippen molar-refractivity contribution in [1.82, 2.24) is 0 Å². The van der Waals surface area contributed by atoms with E-state index < -0.39 is 0 Å². The number of aromatic hydroxyl groups is 1. The number of carbonyl (C=O) groups excluding carboxylic acids is 1. The van der Waals surface area contributed by atoms with E-state index in [1.54, 1.807) is 30.3 Å². The van der Waals surface area contributed by atoms with Gasteiger partial charge in [0.05, 0.1) is 10.7 Å². The van der Waals surface area contributed by atoms with Crippen LogP contribution in [0, 0.1) is 3.57 Å². The van der Waals surface area contributed by atoms with Gasteiger partial charge in [0.15, 0.2) is 11.5 Å². The third-order valence-electron chi connectivity index (χ3n) is 3.82. The molecule has 0 saturated carbocycles. The molecule has 0 bridgehead atoms. The zero-order valence-electron chi connectivity index (χ0n) is 14.6. The Kier molecular flexibility index (Phi) is 6.18. The van der Waals surface area contributed by atoms with Crippen molar-refractivity contribution < 1.29 is 19.4 Å². The summed E-state index contributed by atoms with van der Waals surface area (Å²) in [6, 6.07) is 19.6. The molecule has 0 radical (unpaired) electrons. The summed E-state index contributed by atoms with van der Waals surface area (Å²) in [6.45, 7) is 0.405. The molecule has 0 atom stereocenters. The average molecular weight is 475 g/mol. The van der Waals surface area contributed by atoms with Gasteiger partial charge in [-0.25, -0.2) is 0 Å². The number of amides is 1. The van der Waals surface area contributed by atoms with E-state index >= 15 is 0 Å². The molecule has 3 rings (SSSR count). The van der Waals surface area contributed by atoms with E-state index in [4.69, 9.17) is 9.47 Å². The van der Waals surface area contributed by atoms with Gasteiger partial charge in [0.2, 0.25) is 0 Å². The van der Waals surface area contributed by atoms with Crippen molar-refractivity contribution in [2.24, 2.45) is 0 Å². The van der Waals surface area contributed by atoms with Gasteiger partial charge >= 0.3 is 0 Å². The van der Waals surface area contributed by atoms with Crippen molar-refractivity contribution in [1.29, 1.82) is 0 Å². The Morgan fingerprint density at radius 3 is 2.56 bits per heavy atom. The number of methoxy groups -OCH3 is 1. The number of ether oxygens (including phenoxy) is 2. The summed E-state index contributed by atoms with van der Waals surface area (Å²) < 4.78 is 12.1. The van der Waals surface area contributed by atoms with Crippen LogP contribution in [0.2, 0.25) is 0 Å². The number of hydrogen-bond acceptors (Lipinski definition) is 4. The third kappa shape index (κ3) is 4.91. The molecular formula is C21H18INO4. The Labute approximate surface area is 171 Å². The lowest BCUT2D eigenvalue weighted by Crippen LogP contribution is -2.12. The first-order chi connectivity index (χ1) is 13.1. The van der Waals surface area contributed by atoms with Gasteiger partial charge in [-0.3, -0.25) is 4.79 Å². The molecule has 0 aliphatic carbocycles. The second kappa shape index (κ2) is 8.77. The molecule has 0 fully saturated rings. The lowest BCUT2D eigenvalue weighted by atomic mass is 10.1. The van der Waals surface area contributed by atoms with Gasteiger partial charge in [-0.2, -0.15) is 0 Å². The van der Waals surface area contributed by atoms with Crippen molar-refractivity contribution in [2.45, 2.75) is 6.61 Å². The Hall–Kier alpha value is -2.74. The highest BCUT2D eigenvalue weighted by Crippen LogP contribution is 2.35. The number of nitrogens with one attached hydrogen (secondary N) is 1. The van der Waals surface area contributed by atoms with Gasteiger partial charge in [-0.05, 0) is 52.4 Å². The summed E-state index contributed by atoms with van der Waals surface area (Å²) in [5, 5.41) is 12.3.